The largest absolute Gasteiger partial charge is 1.00 e. The zero-order valence-electron chi connectivity index (χ0n) is 49.0. The van der Waals surface area contributed by atoms with Crippen LogP contribution in [0.5, 0.6) is 0 Å². The maximum atomic E-state index is 12.1. The van der Waals surface area contributed by atoms with Crippen LogP contribution in [0.2, 0.25) is 0 Å². The van der Waals surface area contributed by atoms with Crippen molar-refractivity contribution in [1.82, 2.24) is 0 Å². The minimum Gasteiger partial charge on any atom is -0.726 e. The van der Waals surface area contributed by atoms with Gasteiger partial charge in [-0.05, 0) is 0 Å². The van der Waals surface area contributed by atoms with Crippen molar-refractivity contribution in [3.63, 3.8) is 0 Å². The fraction of sp³-hybridized carbons (Fsp3) is 1.00. The van der Waals surface area contributed by atoms with Gasteiger partial charge in [-0.2, -0.15) is 0 Å². The van der Waals surface area contributed by atoms with E-state index in [4.69, 9.17) is 9.47 Å². The molecule has 0 unspecified atom stereocenters. The molecule has 0 aromatic carbocycles. The summed E-state index contributed by atoms with van der Waals surface area (Å²) in [4.78, 5) is 0. The van der Waals surface area contributed by atoms with Crippen LogP contribution in [0.25, 0.3) is 0 Å². The predicted molar refractivity (Wildman–Crippen MR) is 206 cm³/mol. The zero-order chi connectivity index (χ0) is 64.2. The summed E-state index contributed by atoms with van der Waals surface area (Å²) in [6.45, 7) is -10.1. The predicted octanol–water partition coefficient (Wildman–Crippen LogP) is -50.1. The van der Waals surface area contributed by atoms with Gasteiger partial charge in [-0.1, -0.05) is 0 Å². The van der Waals surface area contributed by atoms with Crippen molar-refractivity contribution in [2.45, 2.75) is 85.8 Å². The number of ether oxygens (including phenoxy) is 4. The minimum absolute atomic E-state index is 0. The third-order valence-corrected chi connectivity index (χ3v) is 13.6. The molecule has 2 aliphatic rings. The van der Waals surface area contributed by atoms with Crippen LogP contribution in [0.15, 0.2) is 0 Å². The number of hydrogen-bond donors (Lipinski definition) is 0. The van der Waals surface area contributed by atoms with E-state index in [1.54, 1.807) is 0 Å². The van der Waals surface area contributed by atoms with E-state index >= 15 is 0 Å². The van der Waals surface area contributed by atoms with E-state index in [0.29, 0.717) is 0 Å². The monoisotopic (exact) mass is 1920 g/mol. The van der Waals surface area contributed by atoms with Gasteiger partial charge in [0.15, 0.2) is 24.8 Å². The molecule has 2 rings (SSSR count). The first-order valence-electron chi connectivity index (χ1n) is 18.2. The molecule has 0 aromatic heterocycles. The molecule has 14 atom stereocenters. The Balaban J connectivity index is -0.000000638. The molecule has 0 aromatic rings. The van der Waals surface area contributed by atoms with E-state index < -0.39 is 237 Å². The van der Waals surface area contributed by atoms with Gasteiger partial charge in [-0.25, -0.2) is 101 Å². The van der Waals surface area contributed by atoms with Crippen molar-refractivity contribution in [3.8, 4) is 0 Å². The van der Waals surface area contributed by atoms with Gasteiger partial charge in [-0.3, -0.25) is 50.2 Å². The molecular weight excluding hydrogens is 1900 g/mol. The number of hydrogen-bond acceptors (Lipinski definition) is 52. The Hall–Kier alpha value is 17.9. The zero-order valence-corrected chi connectivity index (χ0v) is 96.3. The summed E-state index contributed by atoms with van der Waals surface area (Å²) >= 11 is 0. The first-order chi connectivity index (χ1) is 36.1. The molecule has 0 saturated carbocycles. The molecule has 0 spiro atoms. The van der Waals surface area contributed by atoms with Crippen molar-refractivity contribution in [1.29, 1.82) is 0 Å². The third kappa shape index (κ3) is 64.7. The standard InChI is InChI=1S/C18H34O52S12.12K/c19-71(20,21)57-3-5-9(63-75(31,32)33)13(67-79(43,44)45)15(69-81(49,50)51)17(59-5)55-1-7(61-73(25,26)27)11(65-77(37,38)39)12(66-78(40,41)42)8(62-74(28,29)30)2-56-18-16(70-82(52,53)54)14(68-80(46,47)48)10(64-76(34,35)36)6(60-18)4-58-72(22,23)24;;;;;;;;;;;;/h5-18H,1-4H2,(H,19,20,21)(H,22,23,24)(H,25,26,27)(H,28,29,30)(H,31,32,33)(H,34,35,36)(H,37,38,39)(H,40,41,42)(H,43,44,45)(H,46,47,48)(H,49,50,51)(H,52,53,54);;;;;;;;;;;;/q;12*+1/p-12/t5-,6-,7-,8+,9-,10-,11+,12-,13+,14+,15-,16-,17-,18-;;;;;;;;;;;;/m1............/s1. The van der Waals surface area contributed by atoms with Crippen LogP contribution in [-0.4, -0.2) is 268 Å². The number of rotatable bonds is 35. The van der Waals surface area contributed by atoms with Crippen molar-refractivity contribution in [2.24, 2.45) is 0 Å². The maximum absolute atomic E-state index is 12.1. The van der Waals surface area contributed by atoms with Crippen LogP contribution in [0.3, 0.4) is 0 Å². The van der Waals surface area contributed by atoms with Crippen molar-refractivity contribution < 1.29 is 841 Å². The van der Waals surface area contributed by atoms with Crippen molar-refractivity contribution in [2.75, 3.05) is 26.4 Å². The Labute approximate surface area is 1050 Å². The average Bonchev–Trinajstić information content (AvgIpc) is 3.16. The first kappa shape index (κ1) is 135. The molecule has 52 nitrogen and oxygen atoms in total. The summed E-state index contributed by atoms with van der Waals surface area (Å²) in [7, 11) is -80.5. The van der Waals surface area contributed by atoms with Crippen molar-refractivity contribution >= 4 is 125 Å². The SMILES string of the molecule is O=S(=O)([O-])OC[C@H]1O[C@@H](OC[C@H](OS(=O)(=O)[O-])[C@@H](OS(=O)(=O)[O-])[C@@H](OS(=O)(=O)[O-])[C@@H](CO[C@@H]2O[C@H](COS(=O)(=O)[O-])[C@@H](OS(=O)(=O)[O-])[C@H](OS(=O)(=O)[O-])[C@H]2OS(=O)(=O)[O-])OS(=O)(=O)[O-])[C@H](OS(=O)(=O)[O-])[C@@H](OS(=O)(=O)[O-])[C@@H]1OS(=O)(=O)[O-].[K+].[K+].[K+].[K+].[K+].[K+].[K+].[K+].[K+].[K+].[K+].[K+]. The van der Waals surface area contributed by atoms with E-state index in [9.17, 15) is 156 Å². The molecule has 76 heteroatoms. The van der Waals surface area contributed by atoms with Crippen LogP contribution in [0, 0.1) is 0 Å². The van der Waals surface area contributed by atoms with Gasteiger partial charge >= 0.3 is 617 Å². The van der Waals surface area contributed by atoms with Crippen LogP contribution >= 0.6 is 0 Å². The van der Waals surface area contributed by atoms with E-state index in [2.05, 4.69) is 59.7 Å². The smallest absolute Gasteiger partial charge is 0.726 e. The molecule has 2 heterocycles. The fourth-order valence-corrected chi connectivity index (χ4v) is 11.5. The first-order valence-corrected chi connectivity index (χ1v) is 34.2. The summed E-state index contributed by atoms with van der Waals surface area (Å²) in [5.41, 5.74) is 0. The van der Waals surface area contributed by atoms with Crippen LogP contribution in [-0.2, 0) is 194 Å². The van der Waals surface area contributed by atoms with E-state index in [-0.39, 0.29) is 617 Å². The Kier molecular flexibility index (Phi) is 83.5. The third-order valence-electron chi connectivity index (χ3n) is 8.16. The molecule has 2 saturated heterocycles. The van der Waals surface area contributed by atoms with E-state index in [1.807, 2.05) is 0 Å². The Bertz CT molecular complexity index is 3440. The van der Waals surface area contributed by atoms with Gasteiger partial charge in [0.1, 0.15) is 61.0 Å². The van der Waals surface area contributed by atoms with Crippen molar-refractivity contribution in [3.05, 3.63) is 0 Å². The molecule has 0 amide bonds. The van der Waals surface area contributed by atoms with Crippen LogP contribution in [0.1, 0.15) is 0 Å². The summed E-state index contributed by atoms with van der Waals surface area (Å²) < 4.78 is 487. The van der Waals surface area contributed by atoms with E-state index in [0.717, 1.165) is 0 Å². The second-order valence-corrected chi connectivity index (χ2v) is 26.2. The molecule has 94 heavy (non-hydrogen) atoms. The minimum atomic E-state index is -7.11. The molecule has 0 N–H and O–H groups in total. The average molecular weight is 1920 g/mol. The topological polar surface area (TPSA) is 834 Å². The molecule has 0 bridgehead atoms. The molecule has 0 aliphatic carbocycles. The Morgan fingerprint density at radius 3 is 0.628 bits per heavy atom. The second-order valence-electron chi connectivity index (χ2n) is 14.0. The van der Waals surface area contributed by atoms with Gasteiger partial charge in [0.05, 0.1) is 26.4 Å². The summed E-state index contributed by atoms with van der Waals surface area (Å²) in [5, 5.41) is 0. The van der Waals surface area contributed by atoms with Gasteiger partial charge < -0.3 is 73.6 Å². The molecule has 2 fully saturated rings. The van der Waals surface area contributed by atoms with E-state index in [1.165, 1.54) is 0 Å². The second kappa shape index (κ2) is 58.1. The van der Waals surface area contributed by atoms with Gasteiger partial charge in [0.25, 0.3) is 0 Å². The normalized spacial score (nSPS) is 23.6. The Morgan fingerprint density at radius 2 is 0.447 bits per heavy atom. The molecule has 0 radical (unpaired) electrons. The van der Waals surface area contributed by atoms with Gasteiger partial charge in [0, 0.05) is 0 Å². The molecular formula is C18H22K12O52S12. The van der Waals surface area contributed by atoms with Gasteiger partial charge in [0.2, 0.25) is 125 Å². The molecule has 490 valence electrons. The Morgan fingerprint density at radius 1 is 0.255 bits per heavy atom. The van der Waals surface area contributed by atoms with Crippen LogP contribution < -0.4 is 617 Å². The summed E-state index contributed by atoms with van der Waals surface area (Å²) in [6, 6.07) is 0. The summed E-state index contributed by atoms with van der Waals surface area (Å²) in [5.74, 6) is 0. The quantitative estimate of drug-likeness (QED) is 0.0323. The van der Waals surface area contributed by atoms with Crippen LogP contribution in [0.4, 0.5) is 0 Å². The van der Waals surface area contributed by atoms with Gasteiger partial charge in [-0.15, -0.1) is 0 Å². The fourth-order valence-electron chi connectivity index (χ4n) is 6.03. The molecule has 2 aliphatic heterocycles. The summed E-state index contributed by atoms with van der Waals surface area (Å²) in [6.07, 6.45) is -52.9. The maximum Gasteiger partial charge on any atom is 1.00 e.